The fourth-order valence-electron chi connectivity index (χ4n) is 1.73. The van der Waals surface area contributed by atoms with Gasteiger partial charge in [0.2, 0.25) is 0 Å². The van der Waals surface area contributed by atoms with Gasteiger partial charge in [0.25, 0.3) is 0 Å². The highest BCUT2D eigenvalue weighted by Crippen LogP contribution is 2.25. The standard InChI is InChI=1S/C7H11NO2.ClH/c9-7-6-4-8-3-5(6)1-2-10-7;/h5-6,8H,1-4H2;1H. The van der Waals surface area contributed by atoms with Gasteiger partial charge >= 0.3 is 5.97 Å². The molecular formula is C7H12ClNO2. The molecule has 1 N–H and O–H groups in total. The first-order chi connectivity index (χ1) is 4.88. The molecule has 0 spiro atoms. The van der Waals surface area contributed by atoms with Crippen LogP contribution in [0.15, 0.2) is 0 Å². The van der Waals surface area contributed by atoms with Gasteiger partial charge in [-0.1, -0.05) is 0 Å². The molecule has 0 amide bonds. The number of halogens is 1. The van der Waals surface area contributed by atoms with E-state index in [1.165, 1.54) is 0 Å². The van der Waals surface area contributed by atoms with Crippen molar-refractivity contribution >= 4 is 18.4 Å². The summed E-state index contributed by atoms with van der Waals surface area (Å²) in [5, 5.41) is 3.19. The quantitative estimate of drug-likeness (QED) is 0.537. The van der Waals surface area contributed by atoms with Crippen LogP contribution in [0.3, 0.4) is 0 Å². The van der Waals surface area contributed by atoms with Crippen LogP contribution in [0.2, 0.25) is 0 Å². The molecule has 2 aliphatic rings. The van der Waals surface area contributed by atoms with E-state index < -0.39 is 0 Å². The first-order valence-corrected chi connectivity index (χ1v) is 3.75. The molecule has 11 heavy (non-hydrogen) atoms. The molecule has 0 radical (unpaired) electrons. The van der Waals surface area contributed by atoms with Crippen LogP contribution >= 0.6 is 12.4 Å². The first kappa shape index (κ1) is 8.81. The monoisotopic (exact) mass is 177 g/mol. The van der Waals surface area contributed by atoms with Crippen LogP contribution in [0.4, 0.5) is 0 Å². The van der Waals surface area contributed by atoms with Crippen LogP contribution in [0, 0.1) is 11.8 Å². The number of ether oxygens (including phenoxy) is 1. The molecule has 4 heteroatoms. The summed E-state index contributed by atoms with van der Waals surface area (Å²) >= 11 is 0. The summed E-state index contributed by atoms with van der Waals surface area (Å²) in [4.78, 5) is 11.0. The third-order valence-corrected chi connectivity index (χ3v) is 2.38. The Bertz CT molecular complexity index is 163. The molecule has 0 saturated carbocycles. The Morgan fingerprint density at radius 2 is 2.27 bits per heavy atom. The Morgan fingerprint density at radius 3 is 3.00 bits per heavy atom. The van der Waals surface area contributed by atoms with E-state index in [-0.39, 0.29) is 24.3 Å². The number of cyclic esters (lactones) is 1. The highest BCUT2D eigenvalue weighted by atomic mass is 35.5. The van der Waals surface area contributed by atoms with Crippen molar-refractivity contribution in [3.05, 3.63) is 0 Å². The molecule has 0 aromatic heterocycles. The van der Waals surface area contributed by atoms with Gasteiger partial charge in [0.1, 0.15) is 0 Å². The van der Waals surface area contributed by atoms with Crippen molar-refractivity contribution in [3.8, 4) is 0 Å². The Labute approximate surface area is 71.9 Å². The molecule has 2 atom stereocenters. The molecule has 64 valence electrons. The van der Waals surface area contributed by atoms with Gasteiger partial charge in [-0.2, -0.15) is 0 Å². The third kappa shape index (κ3) is 1.49. The minimum atomic E-state index is 0. The zero-order chi connectivity index (χ0) is 6.97. The van der Waals surface area contributed by atoms with Crippen LogP contribution in [0.25, 0.3) is 0 Å². The van der Waals surface area contributed by atoms with Gasteiger partial charge in [0.15, 0.2) is 0 Å². The number of hydrogen-bond acceptors (Lipinski definition) is 3. The Kier molecular flexibility index (Phi) is 2.73. The molecule has 3 nitrogen and oxygen atoms in total. The van der Waals surface area contributed by atoms with Crippen LogP contribution in [-0.2, 0) is 9.53 Å². The van der Waals surface area contributed by atoms with Crippen molar-refractivity contribution in [3.63, 3.8) is 0 Å². The number of rotatable bonds is 0. The van der Waals surface area contributed by atoms with Gasteiger partial charge in [0.05, 0.1) is 12.5 Å². The maximum atomic E-state index is 11.0. The van der Waals surface area contributed by atoms with Gasteiger partial charge in [0, 0.05) is 6.54 Å². The molecule has 0 aromatic rings. The van der Waals surface area contributed by atoms with Crippen molar-refractivity contribution in [1.29, 1.82) is 0 Å². The number of carbonyl (C=O) groups is 1. The van der Waals surface area contributed by atoms with Crippen molar-refractivity contribution in [1.82, 2.24) is 5.32 Å². The minimum Gasteiger partial charge on any atom is -0.465 e. The SMILES string of the molecule is Cl.O=C1OCCC2CNCC12. The summed E-state index contributed by atoms with van der Waals surface area (Å²) in [6, 6.07) is 0. The van der Waals surface area contributed by atoms with E-state index in [4.69, 9.17) is 4.74 Å². The highest BCUT2D eigenvalue weighted by molar-refractivity contribution is 5.85. The van der Waals surface area contributed by atoms with Gasteiger partial charge in [-0.3, -0.25) is 4.79 Å². The predicted octanol–water partition coefficient (Wildman–Crippen LogP) is 0.191. The van der Waals surface area contributed by atoms with Crippen LogP contribution in [-0.4, -0.2) is 25.7 Å². The zero-order valence-electron chi connectivity index (χ0n) is 6.21. The number of esters is 1. The lowest BCUT2D eigenvalue weighted by molar-refractivity contribution is -0.154. The summed E-state index contributed by atoms with van der Waals surface area (Å²) in [5.41, 5.74) is 0. The third-order valence-electron chi connectivity index (χ3n) is 2.38. The Morgan fingerprint density at radius 1 is 1.45 bits per heavy atom. The van der Waals surface area contributed by atoms with E-state index in [9.17, 15) is 4.79 Å². The Hall–Kier alpha value is -0.280. The maximum absolute atomic E-state index is 11.0. The van der Waals surface area contributed by atoms with Gasteiger partial charge in [-0.15, -0.1) is 12.4 Å². The van der Waals surface area contributed by atoms with E-state index in [2.05, 4.69) is 5.32 Å². The molecule has 2 unspecified atom stereocenters. The van der Waals surface area contributed by atoms with E-state index in [0.717, 1.165) is 19.5 Å². The van der Waals surface area contributed by atoms with Crippen LogP contribution < -0.4 is 5.32 Å². The topological polar surface area (TPSA) is 38.3 Å². The van der Waals surface area contributed by atoms with Crippen LogP contribution in [0.1, 0.15) is 6.42 Å². The summed E-state index contributed by atoms with van der Waals surface area (Å²) in [7, 11) is 0. The molecular weight excluding hydrogens is 166 g/mol. The molecule has 2 rings (SSSR count). The predicted molar refractivity (Wildman–Crippen MR) is 42.7 cm³/mol. The highest BCUT2D eigenvalue weighted by Gasteiger charge is 2.36. The molecule has 2 heterocycles. The lowest BCUT2D eigenvalue weighted by atomic mass is 9.91. The number of hydrogen-bond donors (Lipinski definition) is 1. The molecule has 0 aromatic carbocycles. The Balaban J connectivity index is 0.000000605. The summed E-state index contributed by atoms with van der Waals surface area (Å²) in [6.07, 6.45) is 1.05. The van der Waals surface area contributed by atoms with Crippen molar-refractivity contribution < 1.29 is 9.53 Å². The second-order valence-corrected chi connectivity index (χ2v) is 2.98. The van der Waals surface area contributed by atoms with Crippen LogP contribution in [0.5, 0.6) is 0 Å². The summed E-state index contributed by atoms with van der Waals surface area (Å²) in [6.45, 7) is 2.45. The second-order valence-electron chi connectivity index (χ2n) is 2.98. The lowest BCUT2D eigenvalue weighted by Crippen LogP contribution is -2.31. The van der Waals surface area contributed by atoms with Crippen molar-refractivity contribution in [2.24, 2.45) is 11.8 Å². The number of nitrogens with one attached hydrogen (secondary N) is 1. The fraction of sp³-hybridized carbons (Fsp3) is 0.857. The number of carbonyl (C=O) groups excluding carboxylic acids is 1. The summed E-state index contributed by atoms with van der Waals surface area (Å²) in [5.74, 6) is 0.719. The largest absolute Gasteiger partial charge is 0.465 e. The molecule has 2 fully saturated rings. The van der Waals surface area contributed by atoms with E-state index in [1.807, 2.05) is 0 Å². The average molecular weight is 178 g/mol. The van der Waals surface area contributed by atoms with E-state index in [1.54, 1.807) is 0 Å². The van der Waals surface area contributed by atoms with Gasteiger partial charge in [-0.05, 0) is 18.9 Å². The molecule has 0 bridgehead atoms. The first-order valence-electron chi connectivity index (χ1n) is 3.75. The van der Waals surface area contributed by atoms with Crippen molar-refractivity contribution in [2.45, 2.75) is 6.42 Å². The maximum Gasteiger partial charge on any atom is 0.310 e. The van der Waals surface area contributed by atoms with E-state index in [0.29, 0.717) is 12.5 Å². The van der Waals surface area contributed by atoms with E-state index >= 15 is 0 Å². The summed E-state index contributed by atoms with van der Waals surface area (Å²) < 4.78 is 4.91. The number of fused-ring (bicyclic) bond motifs is 1. The van der Waals surface area contributed by atoms with Crippen molar-refractivity contribution in [2.75, 3.05) is 19.7 Å². The minimum absolute atomic E-state index is 0. The average Bonchev–Trinajstić information content (AvgIpc) is 2.36. The lowest BCUT2D eigenvalue weighted by Gasteiger charge is -2.22. The zero-order valence-corrected chi connectivity index (χ0v) is 7.02. The second kappa shape index (κ2) is 3.41. The normalized spacial score (nSPS) is 35.5. The molecule has 0 aliphatic carbocycles. The molecule has 2 saturated heterocycles. The van der Waals surface area contributed by atoms with Gasteiger partial charge in [-0.25, -0.2) is 0 Å². The molecule has 2 aliphatic heterocycles. The van der Waals surface area contributed by atoms with Gasteiger partial charge < -0.3 is 10.1 Å². The smallest absolute Gasteiger partial charge is 0.310 e. The fourth-order valence-corrected chi connectivity index (χ4v) is 1.73.